The number of carbonyl (C=O) groups excluding carboxylic acids is 2. The van der Waals surface area contributed by atoms with Gasteiger partial charge in [-0.25, -0.2) is 0 Å². The topological polar surface area (TPSA) is 144 Å². The molecule has 0 rings (SSSR count). The van der Waals surface area contributed by atoms with Gasteiger partial charge < -0.3 is 19.1 Å². The highest BCUT2D eigenvalue weighted by Gasteiger charge is 2.19. The molecule has 0 saturated carbocycles. The number of ether oxygens (including phenoxy) is 2. The number of unbranched alkanes of at least 4 members (excludes halogenated alkanes) is 1. The van der Waals surface area contributed by atoms with Crippen LogP contribution in [0.4, 0.5) is 0 Å². The van der Waals surface area contributed by atoms with Crippen molar-refractivity contribution in [2.45, 2.75) is 45.1 Å². The van der Waals surface area contributed by atoms with Gasteiger partial charge in [-0.1, -0.05) is 12.2 Å². The van der Waals surface area contributed by atoms with Crippen LogP contribution >= 0.6 is 0 Å². The maximum atomic E-state index is 11.6. The van der Waals surface area contributed by atoms with Gasteiger partial charge in [0.25, 0.3) is 5.09 Å². The number of hydrogen-bond acceptors (Lipinski definition) is 10. The van der Waals surface area contributed by atoms with Crippen molar-refractivity contribution in [2.75, 3.05) is 19.8 Å². The lowest BCUT2D eigenvalue weighted by atomic mass is 10.2. The molecule has 0 saturated heterocycles. The first-order chi connectivity index (χ1) is 12.0. The summed E-state index contributed by atoms with van der Waals surface area (Å²) in [5.74, 6) is -1.20. The van der Waals surface area contributed by atoms with Crippen LogP contribution in [-0.2, 0) is 28.7 Å². The van der Waals surface area contributed by atoms with Crippen molar-refractivity contribution >= 4 is 11.9 Å². The van der Waals surface area contributed by atoms with Crippen molar-refractivity contribution in [3.05, 3.63) is 27.2 Å². The molecule has 0 aliphatic rings. The molecule has 0 fully saturated rings. The summed E-state index contributed by atoms with van der Waals surface area (Å²) in [4.78, 5) is 51.4. The smallest absolute Gasteiger partial charge is 0.306 e. The molecule has 25 heavy (non-hydrogen) atoms. The normalized spacial score (nSPS) is 11.6. The lowest BCUT2D eigenvalue weighted by molar-refractivity contribution is -0.759. The SMILES string of the molecule is C/C=C\CCCC(=O)OCC(CO[N+](=O)[O-])OC(=O)CCCON=O. The lowest BCUT2D eigenvalue weighted by Gasteiger charge is -2.17. The number of hydrogen-bond donors (Lipinski definition) is 0. The fourth-order valence-corrected chi connectivity index (χ4v) is 1.61. The van der Waals surface area contributed by atoms with Crippen LogP contribution in [-0.4, -0.2) is 42.9 Å². The Morgan fingerprint density at radius 3 is 2.56 bits per heavy atom. The molecule has 0 heterocycles. The molecule has 0 amide bonds. The number of rotatable bonds is 15. The summed E-state index contributed by atoms with van der Waals surface area (Å²) in [6, 6.07) is 0. The zero-order valence-electron chi connectivity index (χ0n) is 14.0. The van der Waals surface area contributed by atoms with Gasteiger partial charge in [0.05, 0.1) is 0 Å². The fourth-order valence-electron chi connectivity index (χ4n) is 1.61. The largest absolute Gasteiger partial charge is 0.462 e. The first kappa shape index (κ1) is 22.3. The highest BCUT2D eigenvalue weighted by Crippen LogP contribution is 2.04. The van der Waals surface area contributed by atoms with E-state index in [1.165, 1.54) is 0 Å². The first-order valence-corrected chi connectivity index (χ1v) is 7.67. The van der Waals surface area contributed by atoms with Gasteiger partial charge in [0.1, 0.15) is 19.8 Å². The summed E-state index contributed by atoms with van der Waals surface area (Å²) < 4.78 is 9.89. The van der Waals surface area contributed by atoms with Crippen molar-refractivity contribution in [1.29, 1.82) is 0 Å². The van der Waals surface area contributed by atoms with E-state index >= 15 is 0 Å². The summed E-state index contributed by atoms with van der Waals surface area (Å²) in [6.07, 6.45) is 4.26. The standard InChI is InChI=1S/C14H22N2O9/c1-2-3-4-5-7-13(17)22-10-12(11-24-16(20)21)25-14(18)8-6-9-23-15-19/h2-3,12H,4-11H2,1H3/b3-2-. The predicted octanol–water partition coefficient (Wildman–Crippen LogP) is 1.87. The fraction of sp³-hybridized carbons (Fsp3) is 0.714. The van der Waals surface area contributed by atoms with Crippen LogP contribution < -0.4 is 0 Å². The van der Waals surface area contributed by atoms with Gasteiger partial charge in [0.15, 0.2) is 11.4 Å². The molecule has 0 aliphatic carbocycles. The van der Waals surface area contributed by atoms with Gasteiger partial charge in [-0.15, -0.1) is 15.0 Å². The van der Waals surface area contributed by atoms with Gasteiger partial charge in [-0.05, 0) is 26.2 Å². The second kappa shape index (κ2) is 14.8. The molecule has 0 aromatic rings. The zero-order chi connectivity index (χ0) is 18.9. The van der Waals surface area contributed by atoms with Gasteiger partial charge in [-0.2, -0.15) is 0 Å². The van der Waals surface area contributed by atoms with Crippen LogP contribution in [0.15, 0.2) is 17.5 Å². The molecular weight excluding hydrogens is 340 g/mol. The summed E-state index contributed by atoms with van der Waals surface area (Å²) in [6.45, 7) is 0.898. The van der Waals surface area contributed by atoms with Crippen LogP contribution in [0.1, 0.15) is 39.0 Å². The Bertz CT molecular complexity index is 454. The first-order valence-electron chi connectivity index (χ1n) is 7.67. The van der Waals surface area contributed by atoms with Gasteiger partial charge in [-0.3, -0.25) is 9.59 Å². The lowest BCUT2D eigenvalue weighted by Crippen LogP contribution is -2.30. The van der Waals surface area contributed by atoms with E-state index in [1.54, 1.807) is 0 Å². The molecule has 0 aromatic carbocycles. The highest BCUT2D eigenvalue weighted by molar-refractivity contribution is 5.70. The van der Waals surface area contributed by atoms with Crippen molar-refractivity contribution in [2.24, 2.45) is 5.34 Å². The minimum Gasteiger partial charge on any atom is -0.462 e. The number of allylic oxidation sites excluding steroid dienone is 2. The Kier molecular flexibility index (Phi) is 13.2. The van der Waals surface area contributed by atoms with Crippen LogP contribution in [0.25, 0.3) is 0 Å². The molecule has 11 nitrogen and oxygen atoms in total. The van der Waals surface area contributed by atoms with Gasteiger partial charge >= 0.3 is 11.9 Å². The van der Waals surface area contributed by atoms with Crippen LogP contribution in [0.2, 0.25) is 0 Å². The minimum atomic E-state index is -1.11. The van der Waals surface area contributed by atoms with Gasteiger partial charge in [0.2, 0.25) is 0 Å². The van der Waals surface area contributed by atoms with Crippen molar-refractivity contribution in [1.82, 2.24) is 0 Å². The molecule has 1 unspecified atom stereocenters. The summed E-state index contributed by atoms with van der Waals surface area (Å²) in [5, 5.41) is 11.4. The quantitative estimate of drug-likeness (QED) is 0.106. The highest BCUT2D eigenvalue weighted by atomic mass is 17.0. The maximum absolute atomic E-state index is 11.6. The summed E-state index contributed by atoms with van der Waals surface area (Å²) in [5.41, 5.74) is 0. The van der Waals surface area contributed by atoms with E-state index in [2.05, 4.69) is 15.0 Å². The molecule has 1 atom stereocenters. The third kappa shape index (κ3) is 14.6. The van der Waals surface area contributed by atoms with E-state index in [4.69, 9.17) is 9.47 Å². The van der Waals surface area contributed by atoms with E-state index in [-0.39, 0.29) is 32.5 Å². The Morgan fingerprint density at radius 1 is 1.20 bits per heavy atom. The molecule has 0 radical (unpaired) electrons. The van der Waals surface area contributed by atoms with Crippen LogP contribution in [0, 0.1) is 15.0 Å². The number of carbonyl (C=O) groups is 2. The molecule has 11 heteroatoms. The van der Waals surface area contributed by atoms with E-state index in [1.807, 2.05) is 19.1 Å². The minimum absolute atomic E-state index is 0.0597. The molecule has 0 aliphatic heterocycles. The number of esters is 2. The average Bonchev–Trinajstić information content (AvgIpc) is 2.58. The van der Waals surface area contributed by atoms with E-state index in [0.717, 1.165) is 6.42 Å². The maximum Gasteiger partial charge on any atom is 0.306 e. The zero-order valence-corrected chi connectivity index (χ0v) is 14.0. The molecular formula is C14H22N2O9. The Hall–Kier alpha value is -2.72. The number of nitrogens with zero attached hydrogens (tertiary/aromatic N) is 2. The molecule has 142 valence electrons. The Morgan fingerprint density at radius 2 is 1.92 bits per heavy atom. The Labute approximate surface area is 144 Å². The van der Waals surface area contributed by atoms with Gasteiger partial charge in [0, 0.05) is 12.8 Å². The third-order valence-electron chi connectivity index (χ3n) is 2.75. The van der Waals surface area contributed by atoms with Crippen LogP contribution in [0.5, 0.6) is 0 Å². The monoisotopic (exact) mass is 362 g/mol. The molecule has 0 bridgehead atoms. The average molecular weight is 362 g/mol. The van der Waals surface area contributed by atoms with Crippen molar-refractivity contribution < 1.29 is 33.8 Å². The summed E-state index contributed by atoms with van der Waals surface area (Å²) in [7, 11) is 0. The predicted molar refractivity (Wildman–Crippen MR) is 83.4 cm³/mol. The second-order valence-electron chi connectivity index (χ2n) is 4.79. The van der Waals surface area contributed by atoms with Crippen molar-refractivity contribution in [3.8, 4) is 0 Å². The Balaban J connectivity index is 4.22. The second-order valence-corrected chi connectivity index (χ2v) is 4.79. The molecule has 0 aromatic heterocycles. The summed E-state index contributed by atoms with van der Waals surface area (Å²) >= 11 is 0. The molecule has 0 N–H and O–H groups in total. The molecule has 0 spiro atoms. The van der Waals surface area contributed by atoms with Crippen molar-refractivity contribution in [3.63, 3.8) is 0 Å². The van der Waals surface area contributed by atoms with E-state index in [9.17, 15) is 24.6 Å². The third-order valence-corrected chi connectivity index (χ3v) is 2.75. The van der Waals surface area contributed by atoms with E-state index < -0.39 is 29.7 Å². The van der Waals surface area contributed by atoms with E-state index in [0.29, 0.717) is 6.42 Å². The van der Waals surface area contributed by atoms with Crippen LogP contribution in [0.3, 0.4) is 0 Å².